The second-order valence-electron chi connectivity index (χ2n) is 7.67. The van der Waals surface area contributed by atoms with Gasteiger partial charge in [-0.25, -0.2) is 9.78 Å². The number of nitrogens with one attached hydrogen (secondary N) is 1. The van der Waals surface area contributed by atoms with E-state index in [1.165, 1.54) is 12.1 Å². The molecule has 0 spiro atoms. The van der Waals surface area contributed by atoms with Gasteiger partial charge in [-0.15, -0.1) is 0 Å². The average molecular weight is 473 g/mol. The number of carbonyl (C=O) groups excluding carboxylic acids is 1. The average Bonchev–Trinajstić information content (AvgIpc) is 3.23. The van der Waals surface area contributed by atoms with Crippen LogP contribution in [-0.4, -0.2) is 27.2 Å². The molecule has 4 aromatic rings. The number of amides is 1. The molecule has 0 unspecified atom stereocenters. The number of ether oxygens (including phenoxy) is 2. The van der Waals surface area contributed by atoms with E-state index in [-0.39, 0.29) is 23.7 Å². The highest BCUT2D eigenvalue weighted by molar-refractivity contribution is 5.91. The van der Waals surface area contributed by atoms with E-state index in [0.29, 0.717) is 18.7 Å². The Hall–Kier alpha value is -4.66. The molecule has 1 aromatic heterocycles. The first kappa shape index (κ1) is 23.5. The summed E-state index contributed by atoms with van der Waals surface area (Å²) in [6, 6.07) is 22.8. The highest BCUT2D eigenvalue weighted by atomic mass is 16.6. The molecule has 0 atom stereocenters. The van der Waals surface area contributed by atoms with Gasteiger partial charge < -0.3 is 14.0 Å². The molecule has 0 fully saturated rings. The van der Waals surface area contributed by atoms with Crippen LogP contribution in [0.3, 0.4) is 0 Å². The summed E-state index contributed by atoms with van der Waals surface area (Å²) in [7, 11) is 0. The number of imidazole rings is 1. The summed E-state index contributed by atoms with van der Waals surface area (Å²) in [5.74, 6) is 0.508. The van der Waals surface area contributed by atoms with Crippen molar-refractivity contribution in [3.63, 3.8) is 0 Å². The monoisotopic (exact) mass is 472 g/mol. The fourth-order valence-electron chi connectivity index (χ4n) is 3.61. The molecule has 35 heavy (non-hydrogen) atoms. The Bertz CT molecular complexity index is 1310. The Labute approximate surface area is 202 Å². The van der Waals surface area contributed by atoms with Crippen molar-refractivity contribution in [1.29, 1.82) is 0 Å². The van der Waals surface area contributed by atoms with Crippen LogP contribution in [0.4, 0.5) is 16.2 Å². The number of hydrogen-bond donors (Lipinski definition) is 1. The quantitative estimate of drug-likeness (QED) is 0.186. The summed E-state index contributed by atoms with van der Waals surface area (Å²) in [6.45, 7) is 2.94. The van der Waals surface area contributed by atoms with Crippen LogP contribution >= 0.6 is 0 Å². The summed E-state index contributed by atoms with van der Waals surface area (Å²) >= 11 is 0. The third-order valence-corrected chi connectivity index (χ3v) is 5.33. The first-order valence-electron chi connectivity index (χ1n) is 11.0. The summed E-state index contributed by atoms with van der Waals surface area (Å²) in [5.41, 5.74) is 2.68. The minimum Gasteiger partial charge on any atom is -0.491 e. The number of nitro groups is 1. The van der Waals surface area contributed by atoms with Crippen molar-refractivity contribution >= 4 is 17.5 Å². The lowest BCUT2D eigenvalue weighted by Gasteiger charge is -2.13. The van der Waals surface area contributed by atoms with Gasteiger partial charge in [0.1, 0.15) is 11.5 Å². The molecule has 9 heteroatoms. The molecule has 178 valence electrons. The van der Waals surface area contributed by atoms with Gasteiger partial charge in [0.05, 0.1) is 23.6 Å². The highest BCUT2D eigenvalue weighted by Crippen LogP contribution is 2.34. The predicted octanol–water partition coefficient (Wildman–Crippen LogP) is 5.85. The maximum Gasteiger partial charge on any atom is 0.417 e. The predicted molar refractivity (Wildman–Crippen MR) is 132 cm³/mol. The molecule has 0 aliphatic rings. The third kappa shape index (κ3) is 5.83. The van der Waals surface area contributed by atoms with Gasteiger partial charge in [0.25, 0.3) is 5.69 Å². The highest BCUT2D eigenvalue weighted by Gasteiger charge is 2.22. The molecule has 0 radical (unpaired) electrons. The molecule has 0 saturated carbocycles. The zero-order valence-corrected chi connectivity index (χ0v) is 19.1. The van der Waals surface area contributed by atoms with Crippen molar-refractivity contribution in [3.05, 3.63) is 101 Å². The second-order valence-corrected chi connectivity index (χ2v) is 7.67. The largest absolute Gasteiger partial charge is 0.491 e. The van der Waals surface area contributed by atoms with E-state index in [1.54, 1.807) is 42.7 Å². The van der Waals surface area contributed by atoms with Crippen LogP contribution in [0.1, 0.15) is 12.1 Å². The number of para-hydroxylation sites is 2. The Morgan fingerprint density at radius 3 is 2.46 bits per heavy atom. The lowest BCUT2D eigenvalue weighted by atomic mass is 10.1. The summed E-state index contributed by atoms with van der Waals surface area (Å²) < 4.78 is 13.1. The van der Waals surface area contributed by atoms with Crippen molar-refractivity contribution < 1.29 is 19.2 Å². The number of benzene rings is 3. The molecular weight excluding hydrogens is 448 g/mol. The standard InChI is InChI=1S/C26H24N4O5/c1-19-24(20-10-4-2-5-11-20)27-18-29(19)16-9-17-34-23-15-8-14-22(30(32)33)25(23)28-26(31)35-21-12-6-3-7-13-21/h2-8,10-15,18H,9,16-17H2,1H3,(H,28,31). The fraction of sp³-hybridized carbons (Fsp3) is 0.154. The van der Waals surface area contributed by atoms with Crippen molar-refractivity contribution in [2.75, 3.05) is 11.9 Å². The lowest BCUT2D eigenvalue weighted by molar-refractivity contribution is -0.384. The minimum absolute atomic E-state index is 0.0522. The maximum absolute atomic E-state index is 12.4. The van der Waals surface area contributed by atoms with Gasteiger partial charge in [0.2, 0.25) is 0 Å². The second kappa shape index (κ2) is 11.0. The Balaban J connectivity index is 1.40. The van der Waals surface area contributed by atoms with Gasteiger partial charge in [-0.05, 0) is 31.5 Å². The number of carbonyl (C=O) groups is 1. The fourth-order valence-corrected chi connectivity index (χ4v) is 3.61. The number of rotatable bonds is 9. The molecule has 3 aromatic carbocycles. The zero-order chi connectivity index (χ0) is 24.6. The maximum atomic E-state index is 12.4. The van der Waals surface area contributed by atoms with Crippen LogP contribution in [0.25, 0.3) is 11.3 Å². The molecule has 1 N–H and O–H groups in total. The smallest absolute Gasteiger partial charge is 0.417 e. The van der Waals surface area contributed by atoms with Crippen LogP contribution in [0, 0.1) is 17.0 Å². The topological polar surface area (TPSA) is 109 Å². The Morgan fingerprint density at radius 1 is 1.03 bits per heavy atom. The van der Waals surface area contributed by atoms with Crippen LogP contribution in [-0.2, 0) is 6.54 Å². The molecule has 4 rings (SSSR count). The van der Waals surface area contributed by atoms with E-state index in [0.717, 1.165) is 17.0 Å². The van der Waals surface area contributed by atoms with Crippen molar-refractivity contribution in [1.82, 2.24) is 9.55 Å². The SMILES string of the molecule is Cc1c(-c2ccccc2)ncn1CCCOc1cccc([N+](=O)[O-])c1NC(=O)Oc1ccccc1. The minimum atomic E-state index is -0.849. The Kier molecular flexibility index (Phi) is 7.37. The number of anilines is 1. The summed E-state index contributed by atoms with van der Waals surface area (Å²) in [6.07, 6.45) is 1.57. The lowest BCUT2D eigenvalue weighted by Crippen LogP contribution is -2.18. The number of nitro benzene ring substituents is 1. The van der Waals surface area contributed by atoms with Crippen LogP contribution < -0.4 is 14.8 Å². The van der Waals surface area contributed by atoms with E-state index < -0.39 is 11.0 Å². The zero-order valence-electron chi connectivity index (χ0n) is 19.1. The third-order valence-electron chi connectivity index (χ3n) is 5.33. The van der Waals surface area contributed by atoms with Gasteiger partial charge in [-0.3, -0.25) is 15.4 Å². The van der Waals surface area contributed by atoms with Gasteiger partial charge in [0.15, 0.2) is 5.69 Å². The van der Waals surface area contributed by atoms with E-state index in [2.05, 4.69) is 10.3 Å². The van der Waals surface area contributed by atoms with Gasteiger partial charge in [0, 0.05) is 23.9 Å². The molecule has 0 bridgehead atoms. The molecule has 1 heterocycles. The number of aryl methyl sites for hydroxylation is 1. The van der Waals surface area contributed by atoms with Crippen molar-refractivity contribution in [2.45, 2.75) is 19.9 Å². The Morgan fingerprint density at radius 2 is 1.74 bits per heavy atom. The number of nitrogens with zero attached hydrogens (tertiary/aromatic N) is 3. The van der Waals surface area contributed by atoms with E-state index >= 15 is 0 Å². The van der Waals surface area contributed by atoms with Crippen LogP contribution in [0.2, 0.25) is 0 Å². The van der Waals surface area contributed by atoms with Gasteiger partial charge in [-0.1, -0.05) is 54.6 Å². The number of aromatic nitrogens is 2. The van der Waals surface area contributed by atoms with Gasteiger partial charge in [-0.2, -0.15) is 0 Å². The van der Waals surface area contributed by atoms with Crippen LogP contribution in [0.15, 0.2) is 85.2 Å². The van der Waals surface area contributed by atoms with Crippen molar-refractivity contribution in [3.8, 4) is 22.8 Å². The van der Waals surface area contributed by atoms with Crippen molar-refractivity contribution in [2.24, 2.45) is 0 Å². The normalized spacial score (nSPS) is 10.5. The van der Waals surface area contributed by atoms with E-state index in [1.807, 2.05) is 41.8 Å². The summed E-state index contributed by atoms with van der Waals surface area (Å²) in [4.78, 5) is 27.8. The summed E-state index contributed by atoms with van der Waals surface area (Å²) in [5, 5.41) is 14.0. The molecule has 0 saturated heterocycles. The number of hydrogen-bond acceptors (Lipinski definition) is 6. The molecule has 0 aliphatic carbocycles. The molecular formula is C26H24N4O5. The van der Waals surface area contributed by atoms with E-state index in [9.17, 15) is 14.9 Å². The van der Waals surface area contributed by atoms with Crippen LogP contribution in [0.5, 0.6) is 11.5 Å². The molecule has 0 aliphatic heterocycles. The molecule has 1 amide bonds. The van der Waals surface area contributed by atoms with Gasteiger partial charge >= 0.3 is 6.09 Å². The first-order valence-corrected chi connectivity index (χ1v) is 11.0. The first-order chi connectivity index (χ1) is 17.0. The van der Waals surface area contributed by atoms with E-state index in [4.69, 9.17) is 9.47 Å². The molecule has 9 nitrogen and oxygen atoms in total.